The molecular formula is C15H20N2O3S. The Kier molecular flexibility index (Phi) is 4.14. The number of nitrogens with one attached hydrogen (secondary N) is 1. The molecule has 1 saturated carbocycles. The predicted molar refractivity (Wildman–Crippen MR) is 80.3 cm³/mol. The number of amides is 2. The van der Waals surface area contributed by atoms with Crippen molar-refractivity contribution in [1.82, 2.24) is 10.2 Å². The molecule has 3 rings (SSSR count). The van der Waals surface area contributed by atoms with Gasteiger partial charge in [0.25, 0.3) is 0 Å². The molecule has 1 aromatic heterocycles. The van der Waals surface area contributed by atoms with E-state index >= 15 is 0 Å². The minimum atomic E-state index is -0.729. The second-order valence-corrected chi connectivity index (χ2v) is 6.86. The van der Waals surface area contributed by atoms with Gasteiger partial charge in [0, 0.05) is 24.5 Å². The molecule has 1 fully saturated rings. The third-order valence-corrected chi connectivity index (χ3v) is 5.61. The summed E-state index contributed by atoms with van der Waals surface area (Å²) in [5, 5.41) is 14.2. The Bertz CT molecular complexity index is 543. The number of nitrogens with zero attached hydrogens (tertiary/aromatic N) is 1. The molecule has 5 nitrogen and oxygen atoms in total. The molecule has 2 amide bonds. The molecule has 2 unspecified atom stereocenters. The van der Waals surface area contributed by atoms with Gasteiger partial charge in [-0.2, -0.15) is 0 Å². The molecule has 1 aromatic rings. The summed E-state index contributed by atoms with van der Waals surface area (Å²) >= 11 is 1.75. The molecule has 21 heavy (non-hydrogen) atoms. The second-order valence-electron chi connectivity index (χ2n) is 5.86. The number of carboxylic acids is 1. The highest BCUT2D eigenvalue weighted by Gasteiger charge is 2.33. The Morgan fingerprint density at radius 1 is 1.43 bits per heavy atom. The lowest BCUT2D eigenvalue weighted by atomic mass is 9.96. The lowest BCUT2D eigenvalue weighted by Crippen LogP contribution is -2.44. The van der Waals surface area contributed by atoms with E-state index in [1.165, 1.54) is 10.4 Å². The molecule has 0 radical (unpaired) electrons. The van der Waals surface area contributed by atoms with Crippen LogP contribution >= 0.6 is 11.3 Å². The van der Waals surface area contributed by atoms with Gasteiger partial charge in [0.2, 0.25) is 0 Å². The lowest BCUT2D eigenvalue weighted by Gasteiger charge is -2.28. The standard InChI is InChI=1S/C15H20N2O3S/c18-14(19)12-3-1-2-10(12)8-16-15(20)17-6-4-13-11(9-17)5-7-21-13/h5,7,10,12H,1-4,6,8-9H2,(H,16,20)(H,18,19). The van der Waals surface area contributed by atoms with Gasteiger partial charge < -0.3 is 15.3 Å². The SMILES string of the molecule is O=C(O)C1CCCC1CNC(=O)N1CCc2sccc2C1. The summed E-state index contributed by atoms with van der Waals surface area (Å²) in [4.78, 5) is 26.6. The van der Waals surface area contributed by atoms with E-state index in [1.807, 2.05) is 4.90 Å². The minimum absolute atomic E-state index is 0.0668. The zero-order chi connectivity index (χ0) is 14.8. The van der Waals surface area contributed by atoms with Gasteiger partial charge in [-0.3, -0.25) is 4.79 Å². The van der Waals surface area contributed by atoms with Gasteiger partial charge in [-0.05, 0) is 42.2 Å². The number of carbonyl (C=O) groups excluding carboxylic acids is 1. The van der Waals surface area contributed by atoms with Crippen molar-refractivity contribution >= 4 is 23.3 Å². The Morgan fingerprint density at radius 2 is 2.29 bits per heavy atom. The van der Waals surface area contributed by atoms with E-state index in [0.29, 0.717) is 13.1 Å². The third-order valence-electron chi connectivity index (χ3n) is 4.59. The number of carbonyl (C=O) groups is 2. The van der Waals surface area contributed by atoms with Crippen molar-refractivity contribution in [2.24, 2.45) is 11.8 Å². The third kappa shape index (κ3) is 3.05. The second kappa shape index (κ2) is 6.05. The Labute approximate surface area is 128 Å². The number of rotatable bonds is 3. The summed E-state index contributed by atoms with van der Waals surface area (Å²) in [5.74, 6) is -0.948. The lowest BCUT2D eigenvalue weighted by molar-refractivity contribution is -0.142. The molecule has 2 aliphatic rings. The highest BCUT2D eigenvalue weighted by atomic mass is 32.1. The summed E-state index contributed by atoms with van der Waals surface area (Å²) in [7, 11) is 0. The first kappa shape index (κ1) is 14.4. The van der Waals surface area contributed by atoms with Gasteiger partial charge >= 0.3 is 12.0 Å². The molecule has 0 spiro atoms. The molecule has 2 heterocycles. The van der Waals surface area contributed by atoms with E-state index < -0.39 is 5.97 Å². The molecule has 1 aliphatic heterocycles. The van der Waals surface area contributed by atoms with Crippen molar-refractivity contribution in [1.29, 1.82) is 0 Å². The maximum Gasteiger partial charge on any atom is 0.317 e. The van der Waals surface area contributed by atoms with Crippen LogP contribution in [0.25, 0.3) is 0 Å². The summed E-state index contributed by atoms with van der Waals surface area (Å²) in [6.07, 6.45) is 3.49. The Balaban J connectivity index is 1.52. The first-order valence-electron chi connectivity index (χ1n) is 7.46. The van der Waals surface area contributed by atoms with Crippen LogP contribution in [0.2, 0.25) is 0 Å². The van der Waals surface area contributed by atoms with Crippen LogP contribution in [0.1, 0.15) is 29.7 Å². The van der Waals surface area contributed by atoms with Crippen molar-refractivity contribution in [2.75, 3.05) is 13.1 Å². The topological polar surface area (TPSA) is 69.6 Å². The van der Waals surface area contributed by atoms with Crippen LogP contribution in [-0.2, 0) is 17.8 Å². The number of carboxylic acid groups (broad SMARTS) is 1. The van der Waals surface area contributed by atoms with Crippen LogP contribution in [0, 0.1) is 11.8 Å². The minimum Gasteiger partial charge on any atom is -0.481 e. The van der Waals surface area contributed by atoms with E-state index in [1.54, 1.807) is 11.3 Å². The van der Waals surface area contributed by atoms with Crippen molar-refractivity contribution < 1.29 is 14.7 Å². The van der Waals surface area contributed by atoms with Gasteiger partial charge in [0.1, 0.15) is 0 Å². The summed E-state index contributed by atoms with van der Waals surface area (Å²) < 4.78 is 0. The quantitative estimate of drug-likeness (QED) is 0.900. The van der Waals surface area contributed by atoms with Crippen LogP contribution < -0.4 is 5.32 Å². The average molecular weight is 308 g/mol. The van der Waals surface area contributed by atoms with Crippen LogP contribution in [-0.4, -0.2) is 35.1 Å². The number of fused-ring (bicyclic) bond motifs is 1. The maximum absolute atomic E-state index is 12.2. The van der Waals surface area contributed by atoms with E-state index in [-0.39, 0.29) is 17.9 Å². The number of hydrogen-bond donors (Lipinski definition) is 2. The van der Waals surface area contributed by atoms with E-state index in [0.717, 1.165) is 32.2 Å². The molecule has 0 bridgehead atoms. The number of hydrogen-bond acceptors (Lipinski definition) is 3. The average Bonchev–Trinajstić information content (AvgIpc) is 3.12. The molecule has 2 atom stereocenters. The number of urea groups is 1. The van der Waals surface area contributed by atoms with Crippen molar-refractivity contribution in [3.63, 3.8) is 0 Å². The Morgan fingerprint density at radius 3 is 3.10 bits per heavy atom. The fraction of sp³-hybridized carbons (Fsp3) is 0.600. The monoisotopic (exact) mass is 308 g/mol. The normalized spacial score (nSPS) is 24.7. The fourth-order valence-corrected chi connectivity index (χ4v) is 4.25. The van der Waals surface area contributed by atoms with Crippen LogP contribution in [0.15, 0.2) is 11.4 Å². The summed E-state index contributed by atoms with van der Waals surface area (Å²) in [5.41, 5.74) is 1.24. The predicted octanol–water partition coefficient (Wildman–Crippen LogP) is 2.32. The highest BCUT2D eigenvalue weighted by Crippen LogP contribution is 2.31. The zero-order valence-electron chi connectivity index (χ0n) is 11.9. The van der Waals surface area contributed by atoms with Crippen molar-refractivity contribution in [3.05, 3.63) is 21.9 Å². The molecule has 114 valence electrons. The molecule has 0 aromatic carbocycles. The maximum atomic E-state index is 12.2. The molecule has 0 saturated heterocycles. The first-order chi connectivity index (χ1) is 10.1. The Hall–Kier alpha value is -1.56. The molecular weight excluding hydrogens is 288 g/mol. The van der Waals surface area contributed by atoms with Gasteiger partial charge in [0.15, 0.2) is 0 Å². The van der Waals surface area contributed by atoms with Crippen molar-refractivity contribution in [2.45, 2.75) is 32.2 Å². The van der Waals surface area contributed by atoms with E-state index in [2.05, 4.69) is 16.8 Å². The van der Waals surface area contributed by atoms with Crippen LogP contribution in [0.3, 0.4) is 0 Å². The van der Waals surface area contributed by atoms with Gasteiger partial charge in [-0.1, -0.05) is 6.42 Å². The molecule has 2 N–H and O–H groups in total. The van der Waals surface area contributed by atoms with Gasteiger partial charge in [0.05, 0.1) is 5.92 Å². The fourth-order valence-electron chi connectivity index (χ4n) is 3.36. The van der Waals surface area contributed by atoms with Gasteiger partial charge in [-0.25, -0.2) is 4.79 Å². The smallest absolute Gasteiger partial charge is 0.317 e. The summed E-state index contributed by atoms with van der Waals surface area (Å²) in [6.45, 7) is 1.88. The highest BCUT2D eigenvalue weighted by molar-refractivity contribution is 7.10. The largest absolute Gasteiger partial charge is 0.481 e. The summed E-state index contributed by atoms with van der Waals surface area (Å²) in [6, 6.07) is 2.01. The first-order valence-corrected chi connectivity index (χ1v) is 8.34. The number of aliphatic carboxylic acids is 1. The molecule has 1 aliphatic carbocycles. The van der Waals surface area contributed by atoms with Crippen LogP contribution in [0.4, 0.5) is 4.79 Å². The molecule has 6 heteroatoms. The number of thiophene rings is 1. The van der Waals surface area contributed by atoms with Crippen LogP contribution in [0.5, 0.6) is 0 Å². The zero-order valence-corrected chi connectivity index (χ0v) is 12.7. The van der Waals surface area contributed by atoms with Gasteiger partial charge in [-0.15, -0.1) is 11.3 Å². The van der Waals surface area contributed by atoms with Crippen molar-refractivity contribution in [3.8, 4) is 0 Å². The van der Waals surface area contributed by atoms with E-state index in [4.69, 9.17) is 5.11 Å². The van der Waals surface area contributed by atoms with E-state index in [9.17, 15) is 9.59 Å².